The molecule has 138 valence electrons. The number of aliphatic hydroxyl groups excluding tert-OH is 1. The second-order valence-electron chi connectivity index (χ2n) is 7.34. The van der Waals surface area contributed by atoms with Crippen LogP contribution < -0.4 is 0 Å². The summed E-state index contributed by atoms with van der Waals surface area (Å²) in [4.78, 5) is 2.56. The topological polar surface area (TPSA) is 23.5 Å². The second kappa shape index (κ2) is 8.51. The van der Waals surface area contributed by atoms with E-state index in [2.05, 4.69) is 89.8 Å². The standard InChI is InChI=1S/C25H27NO/c27-19-25(22-15-8-3-9-16-22)26-23(20-11-4-1-5-12-20)17-10-18-24(26)21-13-6-2-7-14-21/h1-9,11-16,23-25,27H,10,17-19H2/t23-,24+,25-/m0/s1. The van der Waals surface area contributed by atoms with Crippen LogP contribution in [0.2, 0.25) is 0 Å². The zero-order chi connectivity index (χ0) is 18.5. The first-order valence-corrected chi connectivity index (χ1v) is 9.91. The molecule has 1 aliphatic rings. The third-order valence-electron chi connectivity index (χ3n) is 5.76. The van der Waals surface area contributed by atoms with Crippen LogP contribution in [-0.2, 0) is 0 Å². The van der Waals surface area contributed by atoms with Gasteiger partial charge in [-0.05, 0) is 36.0 Å². The van der Waals surface area contributed by atoms with E-state index in [0.29, 0.717) is 12.1 Å². The van der Waals surface area contributed by atoms with Gasteiger partial charge in [0.05, 0.1) is 12.6 Å². The summed E-state index contributed by atoms with van der Waals surface area (Å²) in [6.07, 6.45) is 3.44. The molecule has 0 unspecified atom stereocenters. The van der Waals surface area contributed by atoms with Gasteiger partial charge in [-0.15, -0.1) is 0 Å². The smallest absolute Gasteiger partial charge is 0.0629 e. The minimum absolute atomic E-state index is 0.0121. The van der Waals surface area contributed by atoms with E-state index in [1.165, 1.54) is 23.1 Å². The van der Waals surface area contributed by atoms with Crippen molar-refractivity contribution in [3.05, 3.63) is 108 Å². The molecule has 0 amide bonds. The number of piperidine rings is 1. The van der Waals surface area contributed by atoms with E-state index in [1.54, 1.807) is 0 Å². The molecule has 1 N–H and O–H groups in total. The van der Waals surface area contributed by atoms with Crippen molar-refractivity contribution in [1.29, 1.82) is 0 Å². The van der Waals surface area contributed by atoms with Crippen LogP contribution in [0.5, 0.6) is 0 Å². The highest BCUT2D eigenvalue weighted by molar-refractivity contribution is 5.27. The lowest BCUT2D eigenvalue weighted by molar-refractivity contribution is 0.00791. The third kappa shape index (κ3) is 3.83. The van der Waals surface area contributed by atoms with Gasteiger partial charge in [0.15, 0.2) is 0 Å². The SMILES string of the molecule is OC[C@@H](c1ccccc1)N1[C@@H](c2ccccc2)CCC[C@H]1c1ccccc1. The minimum Gasteiger partial charge on any atom is -0.394 e. The molecular formula is C25H27NO. The van der Waals surface area contributed by atoms with E-state index in [-0.39, 0.29) is 12.6 Å². The lowest BCUT2D eigenvalue weighted by Crippen LogP contribution is -2.40. The maximum Gasteiger partial charge on any atom is 0.0629 e. The highest BCUT2D eigenvalue weighted by Gasteiger charge is 2.37. The fourth-order valence-corrected chi connectivity index (χ4v) is 4.53. The van der Waals surface area contributed by atoms with E-state index >= 15 is 0 Å². The number of rotatable bonds is 5. The number of benzene rings is 3. The molecule has 0 aromatic heterocycles. The van der Waals surface area contributed by atoms with Gasteiger partial charge in [-0.2, -0.15) is 0 Å². The predicted molar refractivity (Wildman–Crippen MR) is 110 cm³/mol. The summed E-state index contributed by atoms with van der Waals surface area (Å²) in [5.74, 6) is 0. The quantitative estimate of drug-likeness (QED) is 0.634. The first-order valence-electron chi connectivity index (χ1n) is 9.91. The highest BCUT2D eigenvalue weighted by Crippen LogP contribution is 2.46. The van der Waals surface area contributed by atoms with Crippen molar-refractivity contribution in [2.45, 2.75) is 37.4 Å². The monoisotopic (exact) mass is 357 g/mol. The molecule has 3 aromatic carbocycles. The van der Waals surface area contributed by atoms with Gasteiger partial charge < -0.3 is 5.11 Å². The summed E-state index contributed by atoms with van der Waals surface area (Å²) in [6.45, 7) is 0.122. The summed E-state index contributed by atoms with van der Waals surface area (Å²) >= 11 is 0. The molecule has 2 heteroatoms. The van der Waals surface area contributed by atoms with Gasteiger partial charge in [-0.1, -0.05) is 91.0 Å². The Morgan fingerprint density at radius 1 is 0.704 bits per heavy atom. The van der Waals surface area contributed by atoms with Gasteiger partial charge in [0.2, 0.25) is 0 Å². The summed E-state index contributed by atoms with van der Waals surface area (Å²) in [5.41, 5.74) is 3.86. The van der Waals surface area contributed by atoms with Crippen molar-refractivity contribution in [3.8, 4) is 0 Å². The Kier molecular flexibility index (Phi) is 5.66. The van der Waals surface area contributed by atoms with Crippen molar-refractivity contribution < 1.29 is 5.11 Å². The van der Waals surface area contributed by atoms with Crippen LogP contribution in [0, 0.1) is 0 Å². The summed E-state index contributed by atoms with van der Waals surface area (Å²) in [7, 11) is 0. The number of hydrogen-bond donors (Lipinski definition) is 1. The maximum absolute atomic E-state index is 10.4. The van der Waals surface area contributed by atoms with Crippen molar-refractivity contribution >= 4 is 0 Å². The van der Waals surface area contributed by atoms with E-state index in [9.17, 15) is 5.11 Å². The molecule has 1 heterocycles. The van der Waals surface area contributed by atoms with Crippen molar-refractivity contribution in [3.63, 3.8) is 0 Å². The van der Waals surface area contributed by atoms with Crippen LogP contribution in [0.25, 0.3) is 0 Å². The third-order valence-corrected chi connectivity index (χ3v) is 5.76. The van der Waals surface area contributed by atoms with Crippen LogP contribution in [0.3, 0.4) is 0 Å². The van der Waals surface area contributed by atoms with Gasteiger partial charge in [-0.3, -0.25) is 4.90 Å². The molecule has 4 rings (SSSR count). The molecular weight excluding hydrogens is 330 g/mol. The van der Waals surface area contributed by atoms with Crippen molar-refractivity contribution in [2.24, 2.45) is 0 Å². The summed E-state index contributed by atoms with van der Waals surface area (Å²) < 4.78 is 0. The minimum atomic E-state index is -0.0121. The molecule has 1 fully saturated rings. The van der Waals surface area contributed by atoms with Crippen LogP contribution in [0.1, 0.15) is 54.1 Å². The highest BCUT2D eigenvalue weighted by atomic mass is 16.3. The van der Waals surface area contributed by atoms with Crippen LogP contribution in [0.15, 0.2) is 91.0 Å². The lowest BCUT2D eigenvalue weighted by Gasteiger charge is -2.47. The average Bonchev–Trinajstić information content (AvgIpc) is 2.76. The molecule has 0 spiro atoms. The number of likely N-dealkylation sites (tertiary alicyclic amines) is 1. The molecule has 0 aliphatic carbocycles. The largest absolute Gasteiger partial charge is 0.394 e. The van der Waals surface area contributed by atoms with Gasteiger partial charge in [0.25, 0.3) is 0 Å². The summed E-state index contributed by atoms with van der Waals surface area (Å²) in [5, 5.41) is 10.4. The van der Waals surface area contributed by atoms with Gasteiger partial charge in [0.1, 0.15) is 0 Å². The summed E-state index contributed by atoms with van der Waals surface area (Å²) in [6, 6.07) is 32.6. The van der Waals surface area contributed by atoms with E-state index in [0.717, 1.165) is 12.8 Å². The first kappa shape index (κ1) is 18.0. The molecule has 0 bridgehead atoms. The van der Waals surface area contributed by atoms with Crippen molar-refractivity contribution in [1.82, 2.24) is 4.90 Å². The number of nitrogens with zero attached hydrogens (tertiary/aromatic N) is 1. The van der Waals surface area contributed by atoms with Gasteiger partial charge in [0, 0.05) is 12.1 Å². The Hall–Kier alpha value is -2.42. The number of aliphatic hydroxyl groups is 1. The molecule has 27 heavy (non-hydrogen) atoms. The predicted octanol–water partition coefficient (Wildman–Crippen LogP) is 5.69. The molecule has 3 atom stereocenters. The lowest BCUT2D eigenvalue weighted by atomic mass is 9.85. The van der Waals surface area contributed by atoms with E-state index in [4.69, 9.17) is 0 Å². The van der Waals surface area contributed by atoms with Gasteiger partial charge in [-0.25, -0.2) is 0 Å². The van der Waals surface area contributed by atoms with Crippen LogP contribution in [-0.4, -0.2) is 16.6 Å². The van der Waals surface area contributed by atoms with Crippen LogP contribution in [0.4, 0.5) is 0 Å². The van der Waals surface area contributed by atoms with Crippen molar-refractivity contribution in [2.75, 3.05) is 6.61 Å². The number of hydrogen-bond acceptors (Lipinski definition) is 2. The zero-order valence-electron chi connectivity index (χ0n) is 15.6. The Morgan fingerprint density at radius 3 is 1.59 bits per heavy atom. The average molecular weight is 357 g/mol. The van der Waals surface area contributed by atoms with Gasteiger partial charge >= 0.3 is 0 Å². The van der Waals surface area contributed by atoms with Crippen LogP contribution >= 0.6 is 0 Å². The van der Waals surface area contributed by atoms with E-state index in [1.807, 2.05) is 6.07 Å². The fraction of sp³-hybridized carbons (Fsp3) is 0.280. The molecule has 0 saturated carbocycles. The molecule has 2 nitrogen and oxygen atoms in total. The Labute approximate surface area is 162 Å². The molecule has 1 aliphatic heterocycles. The Bertz CT molecular complexity index is 714. The normalized spacial score (nSPS) is 21.7. The molecule has 0 radical (unpaired) electrons. The zero-order valence-corrected chi connectivity index (χ0v) is 15.6. The maximum atomic E-state index is 10.4. The molecule has 1 saturated heterocycles. The second-order valence-corrected chi connectivity index (χ2v) is 7.34. The molecule has 3 aromatic rings. The Balaban J connectivity index is 1.79. The first-order chi connectivity index (χ1) is 13.4. The fourth-order valence-electron chi connectivity index (χ4n) is 4.53. The van der Waals surface area contributed by atoms with E-state index < -0.39 is 0 Å². The Morgan fingerprint density at radius 2 is 1.15 bits per heavy atom.